The van der Waals surface area contributed by atoms with Crippen molar-refractivity contribution >= 4 is 23.4 Å². The third-order valence-electron chi connectivity index (χ3n) is 3.49. The Labute approximate surface area is 141 Å². The zero-order valence-corrected chi connectivity index (χ0v) is 13.7. The Bertz CT molecular complexity index is 560. The molecule has 0 aliphatic rings. The van der Waals surface area contributed by atoms with E-state index in [1.165, 1.54) is 5.48 Å². The molecule has 24 heavy (non-hydrogen) atoms. The Morgan fingerprint density at radius 3 is 2.42 bits per heavy atom. The summed E-state index contributed by atoms with van der Waals surface area (Å²) in [5.41, 5.74) is 8.19. The van der Waals surface area contributed by atoms with Gasteiger partial charge in [0.2, 0.25) is 11.8 Å². The van der Waals surface area contributed by atoms with Crippen molar-refractivity contribution in [3.8, 4) is 0 Å². The van der Waals surface area contributed by atoms with Crippen molar-refractivity contribution in [3.05, 3.63) is 29.8 Å². The van der Waals surface area contributed by atoms with Gasteiger partial charge in [0.05, 0.1) is 0 Å². The summed E-state index contributed by atoms with van der Waals surface area (Å²) in [7, 11) is 0. The highest BCUT2D eigenvalue weighted by Gasteiger charge is 2.13. The normalized spacial score (nSPS) is 10.1. The van der Waals surface area contributed by atoms with Gasteiger partial charge >= 0.3 is 0 Å². The first-order chi connectivity index (χ1) is 11.5. The number of anilines is 1. The standard InChI is InChI=1S/C16H24N4O4/c1-2-20(15(22)5-3-4-14(21)19-24)11-10-18-16(23)12-6-8-13(17)9-7-12/h6-9,24H,2-5,10-11,17H2,1H3,(H,18,23)(H,19,21). The molecule has 8 nitrogen and oxygen atoms in total. The number of amides is 3. The molecule has 0 radical (unpaired) electrons. The maximum Gasteiger partial charge on any atom is 0.251 e. The summed E-state index contributed by atoms with van der Waals surface area (Å²) in [5, 5.41) is 11.1. The van der Waals surface area contributed by atoms with Gasteiger partial charge in [-0.1, -0.05) is 0 Å². The van der Waals surface area contributed by atoms with Crippen LogP contribution in [0.2, 0.25) is 0 Å². The summed E-state index contributed by atoms with van der Waals surface area (Å²) in [6.07, 6.45) is 0.667. The molecule has 0 spiro atoms. The number of nitrogens with one attached hydrogen (secondary N) is 2. The largest absolute Gasteiger partial charge is 0.399 e. The lowest BCUT2D eigenvalue weighted by atomic mass is 10.2. The minimum Gasteiger partial charge on any atom is -0.399 e. The molecule has 1 rings (SSSR count). The van der Waals surface area contributed by atoms with Crippen molar-refractivity contribution in [2.24, 2.45) is 0 Å². The van der Waals surface area contributed by atoms with E-state index >= 15 is 0 Å². The van der Waals surface area contributed by atoms with E-state index in [1.807, 2.05) is 6.92 Å². The third kappa shape index (κ3) is 6.66. The topological polar surface area (TPSA) is 125 Å². The number of nitrogens with zero attached hydrogens (tertiary/aromatic N) is 1. The molecule has 3 amide bonds. The van der Waals surface area contributed by atoms with E-state index < -0.39 is 5.91 Å². The lowest BCUT2D eigenvalue weighted by Gasteiger charge is -2.21. The fourth-order valence-electron chi connectivity index (χ4n) is 2.11. The fourth-order valence-corrected chi connectivity index (χ4v) is 2.11. The molecule has 0 heterocycles. The summed E-state index contributed by atoms with van der Waals surface area (Å²) in [4.78, 5) is 36.5. The molecule has 1 aromatic carbocycles. The van der Waals surface area contributed by atoms with Crippen LogP contribution in [0, 0.1) is 0 Å². The van der Waals surface area contributed by atoms with E-state index in [0.717, 1.165) is 0 Å². The number of likely N-dealkylation sites (N-methyl/N-ethyl adjacent to an activating group) is 1. The number of nitrogen functional groups attached to an aromatic ring is 1. The highest BCUT2D eigenvalue weighted by Crippen LogP contribution is 2.05. The number of hydrogen-bond acceptors (Lipinski definition) is 5. The molecule has 0 aliphatic carbocycles. The van der Waals surface area contributed by atoms with Crippen LogP contribution in [-0.2, 0) is 9.59 Å². The number of benzene rings is 1. The van der Waals surface area contributed by atoms with Crippen LogP contribution in [0.1, 0.15) is 36.5 Å². The van der Waals surface area contributed by atoms with Crippen molar-refractivity contribution in [1.29, 1.82) is 0 Å². The molecule has 132 valence electrons. The number of hydrogen-bond donors (Lipinski definition) is 4. The first-order valence-electron chi connectivity index (χ1n) is 7.82. The average molecular weight is 336 g/mol. The summed E-state index contributed by atoms with van der Waals surface area (Å²) in [6, 6.07) is 6.58. The minimum absolute atomic E-state index is 0.0909. The zero-order chi connectivity index (χ0) is 17.9. The van der Waals surface area contributed by atoms with Crippen molar-refractivity contribution in [2.75, 3.05) is 25.4 Å². The molecule has 0 aromatic heterocycles. The van der Waals surface area contributed by atoms with E-state index in [2.05, 4.69) is 5.32 Å². The molecule has 0 bridgehead atoms. The second-order valence-electron chi connectivity index (χ2n) is 5.24. The van der Waals surface area contributed by atoms with Crippen LogP contribution in [-0.4, -0.2) is 47.5 Å². The van der Waals surface area contributed by atoms with Crippen LogP contribution in [0.4, 0.5) is 5.69 Å². The van der Waals surface area contributed by atoms with Crippen molar-refractivity contribution < 1.29 is 19.6 Å². The molecule has 5 N–H and O–H groups in total. The zero-order valence-electron chi connectivity index (χ0n) is 13.7. The second-order valence-corrected chi connectivity index (χ2v) is 5.24. The monoisotopic (exact) mass is 336 g/mol. The van der Waals surface area contributed by atoms with E-state index in [4.69, 9.17) is 10.9 Å². The second kappa shape index (κ2) is 10.2. The summed E-state index contributed by atoms with van der Waals surface area (Å²) < 4.78 is 0. The Morgan fingerprint density at radius 2 is 1.83 bits per heavy atom. The van der Waals surface area contributed by atoms with Gasteiger partial charge in [-0.3, -0.25) is 19.6 Å². The van der Waals surface area contributed by atoms with Crippen LogP contribution in [0.15, 0.2) is 24.3 Å². The van der Waals surface area contributed by atoms with Crippen LogP contribution in [0.5, 0.6) is 0 Å². The Balaban J connectivity index is 2.34. The first-order valence-corrected chi connectivity index (χ1v) is 7.82. The maximum absolute atomic E-state index is 12.0. The molecule has 0 atom stereocenters. The summed E-state index contributed by atoms with van der Waals surface area (Å²) in [6.45, 7) is 3.09. The van der Waals surface area contributed by atoms with E-state index in [0.29, 0.717) is 37.3 Å². The highest BCUT2D eigenvalue weighted by molar-refractivity contribution is 5.94. The van der Waals surface area contributed by atoms with Gasteiger partial charge in [-0.05, 0) is 37.6 Å². The number of carbonyl (C=O) groups is 3. The lowest BCUT2D eigenvalue weighted by molar-refractivity contribution is -0.132. The minimum atomic E-state index is -0.512. The molecule has 1 aromatic rings. The Morgan fingerprint density at radius 1 is 1.17 bits per heavy atom. The van der Waals surface area contributed by atoms with Crippen LogP contribution >= 0.6 is 0 Å². The number of carbonyl (C=O) groups excluding carboxylic acids is 3. The summed E-state index contributed by atoms with van der Waals surface area (Å²) in [5.74, 6) is -0.829. The lowest BCUT2D eigenvalue weighted by Crippen LogP contribution is -2.38. The predicted octanol–water partition coefficient (Wildman–Crippen LogP) is 0.523. The van der Waals surface area contributed by atoms with Crippen LogP contribution < -0.4 is 16.5 Å². The van der Waals surface area contributed by atoms with Gasteiger partial charge in [0.15, 0.2) is 0 Å². The fraction of sp³-hybridized carbons (Fsp3) is 0.438. The van der Waals surface area contributed by atoms with Crippen molar-refractivity contribution in [1.82, 2.24) is 15.7 Å². The van der Waals surface area contributed by atoms with Gasteiger partial charge in [0.1, 0.15) is 0 Å². The van der Waals surface area contributed by atoms with E-state index in [1.54, 1.807) is 29.2 Å². The maximum atomic E-state index is 12.0. The highest BCUT2D eigenvalue weighted by atomic mass is 16.5. The van der Waals surface area contributed by atoms with Crippen LogP contribution in [0.3, 0.4) is 0 Å². The number of hydroxylamine groups is 1. The average Bonchev–Trinajstić information content (AvgIpc) is 2.58. The van der Waals surface area contributed by atoms with E-state index in [-0.39, 0.29) is 24.7 Å². The smallest absolute Gasteiger partial charge is 0.251 e. The van der Waals surface area contributed by atoms with Gasteiger partial charge in [-0.2, -0.15) is 0 Å². The van der Waals surface area contributed by atoms with Crippen LogP contribution in [0.25, 0.3) is 0 Å². The molecular formula is C16H24N4O4. The third-order valence-corrected chi connectivity index (χ3v) is 3.49. The Kier molecular flexibility index (Phi) is 8.28. The van der Waals surface area contributed by atoms with E-state index in [9.17, 15) is 14.4 Å². The molecule has 0 saturated carbocycles. The number of nitrogens with two attached hydrogens (primary N) is 1. The van der Waals surface area contributed by atoms with Crippen molar-refractivity contribution in [2.45, 2.75) is 26.2 Å². The molecule has 0 saturated heterocycles. The quantitative estimate of drug-likeness (QED) is 0.297. The van der Waals surface area contributed by atoms with Gasteiger partial charge < -0.3 is 16.0 Å². The first kappa shape index (κ1) is 19.4. The van der Waals surface area contributed by atoms with Gasteiger partial charge in [0, 0.05) is 43.7 Å². The molecule has 0 unspecified atom stereocenters. The number of rotatable bonds is 9. The van der Waals surface area contributed by atoms with Crippen molar-refractivity contribution in [3.63, 3.8) is 0 Å². The summed E-state index contributed by atoms with van der Waals surface area (Å²) >= 11 is 0. The molecule has 8 heteroatoms. The van der Waals surface area contributed by atoms with Gasteiger partial charge in [0.25, 0.3) is 5.91 Å². The van der Waals surface area contributed by atoms with Gasteiger partial charge in [-0.25, -0.2) is 5.48 Å². The predicted molar refractivity (Wildman–Crippen MR) is 89.2 cm³/mol. The Hall–Kier alpha value is -2.61. The molecular weight excluding hydrogens is 312 g/mol. The molecule has 0 fully saturated rings. The SMILES string of the molecule is CCN(CCNC(=O)c1ccc(N)cc1)C(=O)CCCC(=O)NO. The van der Waals surface area contributed by atoms with Gasteiger partial charge in [-0.15, -0.1) is 0 Å². The molecule has 0 aliphatic heterocycles.